The summed E-state index contributed by atoms with van der Waals surface area (Å²) in [6, 6.07) is 3.12. The third-order valence-corrected chi connectivity index (χ3v) is 1.23. The van der Waals surface area contributed by atoms with E-state index in [1.807, 2.05) is 0 Å². The molecule has 1 aromatic carbocycles. The first-order valence-corrected chi connectivity index (χ1v) is 2.73. The average molecular weight is 145 g/mol. The van der Waals surface area contributed by atoms with Gasteiger partial charge in [0.25, 0.3) is 0 Å². The number of hydrogen-bond donors (Lipinski definition) is 0. The lowest BCUT2D eigenvalue weighted by Gasteiger charge is -1.90. The second kappa shape index (κ2) is 2.27. The van der Waals surface area contributed by atoms with Crippen LogP contribution in [-0.2, 0) is 0 Å². The van der Waals surface area contributed by atoms with E-state index in [1.165, 1.54) is 6.07 Å². The molecular weight excluding hydrogens is 142 g/mol. The van der Waals surface area contributed by atoms with Crippen LogP contribution in [0.2, 0.25) is 0 Å². The summed E-state index contributed by atoms with van der Waals surface area (Å²) in [6.45, 7) is 0. The summed E-state index contributed by atoms with van der Waals surface area (Å²) >= 11 is 4.47. The Bertz CT molecular complexity index is 222. The van der Waals surface area contributed by atoms with Gasteiger partial charge in [0.2, 0.25) is 0 Å². The Morgan fingerprint density at radius 2 is 1.89 bits per heavy atom. The van der Waals surface area contributed by atoms with Crippen LogP contribution in [0.4, 0.5) is 8.78 Å². The molecule has 0 N–H and O–H groups in total. The van der Waals surface area contributed by atoms with Crippen molar-refractivity contribution in [1.29, 1.82) is 0 Å². The lowest BCUT2D eigenvalue weighted by molar-refractivity contribution is 0.566. The number of rotatable bonds is 0. The predicted octanol–water partition coefficient (Wildman–Crippen LogP) is 2.52. The Morgan fingerprint density at radius 3 is 2.33 bits per heavy atom. The van der Waals surface area contributed by atoms with Crippen LogP contribution >= 0.6 is 12.6 Å². The Labute approximate surface area is 56.9 Å². The molecule has 1 aromatic rings. The monoisotopic (exact) mass is 145 g/mol. The Kier molecular flexibility index (Phi) is 1.62. The molecule has 0 atom stereocenters. The van der Waals surface area contributed by atoms with E-state index in [1.54, 1.807) is 0 Å². The maximum Gasteiger partial charge on any atom is 0.144 e. The molecule has 0 heterocycles. The minimum Gasteiger partial charge on any atom is -0.207 e. The van der Waals surface area contributed by atoms with Crippen LogP contribution in [0.5, 0.6) is 0 Å². The molecule has 1 radical (unpaired) electrons. The quantitative estimate of drug-likeness (QED) is 0.526. The summed E-state index contributed by atoms with van der Waals surface area (Å²) in [5, 5.41) is 0. The van der Waals surface area contributed by atoms with Crippen molar-refractivity contribution in [2.45, 2.75) is 4.90 Å². The maximum absolute atomic E-state index is 12.2. The third-order valence-electron chi connectivity index (χ3n) is 0.894. The van der Waals surface area contributed by atoms with Crippen molar-refractivity contribution in [2.24, 2.45) is 0 Å². The zero-order valence-electron chi connectivity index (χ0n) is 4.40. The molecule has 0 aliphatic carbocycles. The largest absolute Gasteiger partial charge is 0.207 e. The molecule has 0 saturated heterocycles. The summed E-state index contributed by atoms with van der Waals surface area (Å²) in [4.78, 5) is 0.0522. The molecule has 1 rings (SSSR count). The van der Waals surface area contributed by atoms with Gasteiger partial charge >= 0.3 is 0 Å². The van der Waals surface area contributed by atoms with Gasteiger partial charge in [0.1, 0.15) is 11.6 Å². The van der Waals surface area contributed by atoms with E-state index in [0.717, 1.165) is 12.1 Å². The molecule has 0 aliphatic heterocycles. The smallest absolute Gasteiger partial charge is 0.144 e. The molecule has 3 heteroatoms. The highest BCUT2D eigenvalue weighted by atomic mass is 32.1. The normalized spacial score (nSPS) is 9.56. The zero-order chi connectivity index (χ0) is 6.85. The van der Waals surface area contributed by atoms with Crippen molar-refractivity contribution in [3.8, 4) is 0 Å². The van der Waals surface area contributed by atoms with Crippen LogP contribution in [-0.4, -0.2) is 0 Å². The van der Waals surface area contributed by atoms with Gasteiger partial charge in [0.15, 0.2) is 0 Å². The Balaban J connectivity index is 3.17. The van der Waals surface area contributed by atoms with Gasteiger partial charge in [0.05, 0.1) is 4.90 Å². The first-order chi connectivity index (χ1) is 4.20. The number of benzene rings is 1. The molecule has 0 spiro atoms. The topological polar surface area (TPSA) is 0 Å². The van der Waals surface area contributed by atoms with Gasteiger partial charge in [-0.15, -0.1) is 0 Å². The van der Waals surface area contributed by atoms with E-state index in [2.05, 4.69) is 12.6 Å². The highest BCUT2D eigenvalue weighted by molar-refractivity contribution is 7.80. The van der Waals surface area contributed by atoms with Gasteiger partial charge in [-0.25, -0.2) is 8.78 Å². The summed E-state index contributed by atoms with van der Waals surface area (Å²) in [5.41, 5.74) is 0. The lowest BCUT2D eigenvalue weighted by atomic mass is 10.3. The average Bonchev–Trinajstić information content (AvgIpc) is 1.80. The summed E-state index contributed by atoms with van der Waals surface area (Å²) < 4.78 is 24.3. The van der Waals surface area contributed by atoms with Crippen molar-refractivity contribution in [2.75, 3.05) is 0 Å². The first-order valence-electron chi connectivity index (χ1n) is 2.32. The molecule has 0 aliphatic rings. The van der Waals surface area contributed by atoms with E-state index < -0.39 is 11.6 Å². The van der Waals surface area contributed by atoms with Crippen LogP contribution < -0.4 is 0 Å². The first kappa shape index (κ1) is 6.42. The number of halogens is 2. The summed E-state index contributed by atoms with van der Waals surface area (Å²) in [5.74, 6) is -1.27. The lowest BCUT2D eigenvalue weighted by Crippen LogP contribution is -1.78. The van der Waals surface area contributed by atoms with E-state index in [0.29, 0.717) is 0 Å². The summed E-state index contributed by atoms with van der Waals surface area (Å²) in [6.07, 6.45) is 0. The molecule has 0 amide bonds. The Morgan fingerprint density at radius 1 is 1.22 bits per heavy atom. The minimum atomic E-state index is -0.676. The van der Waals surface area contributed by atoms with Crippen molar-refractivity contribution < 1.29 is 8.78 Å². The molecule has 0 fully saturated rings. The zero-order valence-corrected chi connectivity index (χ0v) is 5.21. The maximum atomic E-state index is 12.2. The highest BCUT2D eigenvalue weighted by Gasteiger charge is 1.97. The molecule has 9 heavy (non-hydrogen) atoms. The molecule has 0 nitrogen and oxygen atoms in total. The van der Waals surface area contributed by atoms with Gasteiger partial charge in [-0.3, -0.25) is 0 Å². The Hall–Kier alpha value is -0.700. The fraction of sp³-hybridized carbons (Fsp3) is 0. The standard InChI is InChI=1S/C6H3F2S/c7-4-1-2-6(9)5(8)3-4/h1-3H. The van der Waals surface area contributed by atoms with Crippen LogP contribution in [0.15, 0.2) is 23.1 Å². The van der Waals surface area contributed by atoms with Crippen molar-refractivity contribution in [3.63, 3.8) is 0 Å². The third kappa shape index (κ3) is 1.36. The van der Waals surface area contributed by atoms with Gasteiger partial charge in [-0.1, -0.05) is 12.6 Å². The van der Waals surface area contributed by atoms with Gasteiger partial charge < -0.3 is 0 Å². The van der Waals surface area contributed by atoms with E-state index in [-0.39, 0.29) is 4.90 Å². The van der Waals surface area contributed by atoms with E-state index in [9.17, 15) is 8.78 Å². The highest BCUT2D eigenvalue weighted by Crippen LogP contribution is 2.11. The second-order valence-electron chi connectivity index (χ2n) is 1.57. The fourth-order valence-corrected chi connectivity index (χ4v) is 0.602. The van der Waals surface area contributed by atoms with Gasteiger partial charge in [-0.05, 0) is 12.1 Å². The molecule has 0 unspecified atom stereocenters. The van der Waals surface area contributed by atoms with Crippen molar-refractivity contribution >= 4 is 12.6 Å². The second-order valence-corrected chi connectivity index (χ2v) is 2.01. The van der Waals surface area contributed by atoms with Crippen LogP contribution in [0, 0.1) is 11.6 Å². The van der Waals surface area contributed by atoms with Gasteiger partial charge in [0, 0.05) is 6.07 Å². The van der Waals surface area contributed by atoms with Crippen LogP contribution in [0.3, 0.4) is 0 Å². The SMILES string of the molecule is Fc1ccc([S])c(F)c1. The van der Waals surface area contributed by atoms with Gasteiger partial charge in [-0.2, -0.15) is 0 Å². The molecule has 0 bridgehead atoms. The minimum absolute atomic E-state index is 0.0522. The van der Waals surface area contributed by atoms with Crippen LogP contribution in [0.1, 0.15) is 0 Å². The summed E-state index contributed by atoms with van der Waals surface area (Å²) in [7, 11) is 0. The predicted molar refractivity (Wildman–Crippen MR) is 32.2 cm³/mol. The molecule has 47 valence electrons. The van der Waals surface area contributed by atoms with Crippen molar-refractivity contribution in [1.82, 2.24) is 0 Å². The fourth-order valence-electron chi connectivity index (χ4n) is 0.475. The van der Waals surface area contributed by atoms with Crippen molar-refractivity contribution in [3.05, 3.63) is 29.8 Å². The van der Waals surface area contributed by atoms with Crippen LogP contribution in [0.25, 0.3) is 0 Å². The van der Waals surface area contributed by atoms with E-state index in [4.69, 9.17) is 0 Å². The molecule has 0 aromatic heterocycles. The van der Waals surface area contributed by atoms with E-state index >= 15 is 0 Å². The molecule has 0 saturated carbocycles. The molecular formula is C6H3F2S. The number of hydrogen-bond acceptors (Lipinski definition) is 0.